The van der Waals surface area contributed by atoms with Gasteiger partial charge in [-0.3, -0.25) is 4.79 Å². The zero-order chi connectivity index (χ0) is 6.99. The van der Waals surface area contributed by atoms with E-state index in [1.807, 2.05) is 13.0 Å². The summed E-state index contributed by atoms with van der Waals surface area (Å²) in [6.07, 6.45) is 0.625. The maximum atomic E-state index is 9.00. The molecular formula is C5H9NO2. The van der Waals surface area contributed by atoms with Crippen molar-refractivity contribution in [3.63, 3.8) is 0 Å². The lowest BCUT2D eigenvalue weighted by Crippen LogP contribution is -1.78. The van der Waals surface area contributed by atoms with Crippen LogP contribution in [0.5, 0.6) is 0 Å². The van der Waals surface area contributed by atoms with Crippen molar-refractivity contribution < 1.29 is 9.90 Å². The molecule has 0 fully saturated rings. The highest BCUT2D eigenvalue weighted by Crippen LogP contribution is 1.58. The molecule has 0 aromatic carbocycles. The molecule has 0 bridgehead atoms. The van der Waals surface area contributed by atoms with Crippen LogP contribution in [0.3, 0.4) is 0 Å². The van der Waals surface area contributed by atoms with E-state index >= 15 is 0 Å². The van der Waals surface area contributed by atoms with Crippen LogP contribution in [0.4, 0.5) is 0 Å². The van der Waals surface area contributed by atoms with E-state index in [2.05, 4.69) is 0 Å². The van der Waals surface area contributed by atoms with E-state index in [0.29, 0.717) is 6.42 Å². The van der Waals surface area contributed by atoms with Crippen molar-refractivity contribution in [2.45, 2.75) is 20.3 Å². The molecule has 0 rings (SSSR count). The SMILES string of the molecule is CC(=O)O.CCC#N. The molecule has 3 nitrogen and oxygen atoms in total. The van der Waals surface area contributed by atoms with Gasteiger partial charge in [0.25, 0.3) is 5.97 Å². The Morgan fingerprint density at radius 3 is 2.00 bits per heavy atom. The molecule has 0 radical (unpaired) electrons. The lowest BCUT2D eigenvalue weighted by atomic mass is 10.6. The van der Waals surface area contributed by atoms with Crippen molar-refractivity contribution in [3.05, 3.63) is 0 Å². The highest BCUT2D eigenvalue weighted by atomic mass is 16.4. The first-order chi connectivity index (χ1) is 3.65. The molecule has 46 valence electrons. The number of carbonyl (C=O) groups is 1. The minimum absolute atomic E-state index is 0.625. The molecule has 0 atom stereocenters. The Bertz CT molecular complexity index is 89.1. The van der Waals surface area contributed by atoms with Gasteiger partial charge < -0.3 is 5.11 Å². The van der Waals surface area contributed by atoms with E-state index in [4.69, 9.17) is 15.2 Å². The quantitative estimate of drug-likeness (QED) is 0.512. The molecule has 0 unspecified atom stereocenters. The van der Waals surface area contributed by atoms with Crippen LogP contribution in [0.2, 0.25) is 0 Å². The molecular weight excluding hydrogens is 106 g/mol. The molecule has 0 amide bonds. The van der Waals surface area contributed by atoms with Crippen LogP contribution in [0.15, 0.2) is 0 Å². The minimum atomic E-state index is -0.833. The van der Waals surface area contributed by atoms with Crippen LogP contribution < -0.4 is 0 Å². The number of carboxylic acid groups (broad SMARTS) is 1. The number of hydrogen-bond acceptors (Lipinski definition) is 2. The topological polar surface area (TPSA) is 61.1 Å². The molecule has 0 spiro atoms. The summed E-state index contributed by atoms with van der Waals surface area (Å²) in [6, 6.07) is 1.93. The highest BCUT2D eigenvalue weighted by Gasteiger charge is 1.65. The van der Waals surface area contributed by atoms with Gasteiger partial charge >= 0.3 is 0 Å². The summed E-state index contributed by atoms with van der Waals surface area (Å²) in [4.78, 5) is 9.00. The van der Waals surface area contributed by atoms with Crippen LogP contribution in [0.1, 0.15) is 20.3 Å². The number of aliphatic carboxylic acids is 1. The van der Waals surface area contributed by atoms with Gasteiger partial charge in [0.2, 0.25) is 0 Å². The van der Waals surface area contributed by atoms with Crippen molar-refractivity contribution >= 4 is 5.97 Å². The van der Waals surface area contributed by atoms with Crippen molar-refractivity contribution in [1.29, 1.82) is 5.26 Å². The summed E-state index contributed by atoms with van der Waals surface area (Å²) in [5, 5.41) is 15.0. The Morgan fingerprint density at radius 2 is 2.00 bits per heavy atom. The third-order valence-electron chi connectivity index (χ3n) is 0.158. The first-order valence-corrected chi connectivity index (χ1v) is 2.21. The zero-order valence-corrected chi connectivity index (χ0v) is 5.01. The molecule has 0 aliphatic heterocycles. The van der Waals surface area contributed by atoms with Crippen molar-refractivity contribution in [3.8, 4) is 6.07 Å². The summed E-state index contributed by atoms with van der Waals surface area (Å²) in [5.41, 5.74) is 0. The molecule has 0 aromatic heterocycles. The summed E-state index contributed by atoms with van der Waals surface area (Å²) in [7, 11) is 0. The van der Waals surface area contributed by atoms with Gasteiger partial charge in [0.05, 0.1) is 6.07 Å². The third-order valence-corrected chi connectivity index (χ3v) is 0.158. The lowest BCUT2D eigenvalue weighted by molar-refractivity contribution is -0.134. The number of carboxylic acids is 1. The average molecular weight is 115 g/mol. The predicted molar refractivity (Wildman–Crippen MR) is 29.2 cm³/mol. The Kier molecular flexibility index (Phi) is 11.7. The Morgan fingerprint density at radius 1 is 1.88 bits per heavy atom. The fourth-order valence-corrected chi connectivity index (χ4v) is 0. The lowest BCUT2D eigenvalue weighted by Gasteiger charge is -1.59. The first-order valence-electron chi connectivity index (χ1n) is 2.21. The van der Waals surface area contributed by atoms with Gasteiger partial charge in [-0.25, -0.2) is 0 Å². The molecule has 0 aliphatic rings. The number of hydrogen-bond donors (Lipinski definition) is 1. The molecule has 3 heteroatoms. The van der Waals surface area contributed by atoms with E-state index in [0.717, 1.165) is 6.92 Å². The second-order valence-electron chi connectivity index (χ2n) is 1.03. The van der Waals surface area contributed by atoms with Gasteiger partial charge in [-0.05, 0) is 0 Å². The van der Waals surface area contributed by atoms with E-state index in [-0.39, 0.29) is 0 Å². The second-order valence-corrected chi connectivity index (χ2v) is 1.03. The zero-order valence-electron chi connectivity index (χ0n) is 5.01. The van der Waals surface area contributed by atoms with Crippen molar-refractivity contribution in [1.82, 2.24) is 0 Å². The smallest absolute Gasteiger partial charge is 0.300 e. The average Bonchev–Trinajstić information content (AvgIpc) is 1.65. The van der Waals surface area contributed by atoms with Crippen LogP contribution in [-0.2, 0) is 4.79 Å². The van der Waals surface area contributed by atoms with E-state index in [1.165, 1.54) is 0 Å². The Balaban J connectivity index is 0. The van der Waals surface area contributed by atoms with Gasteiger partial charge in [0, 0.05) is 13.3 Å². The van der Waals surface area contributed by atoms with Crippen LogP contribution in [0, 0.1) is 11.3 Å². The van der Waals surface area contributed by atoms with Crippen LogP contribution in [0.25, 0.3) is 0 Å². The largest absolute Gasteiger partial charge is 0.481 e. The second kappa shape index (κ2) is 9.35. The summed E-state index contributed by atoms with van der Waals surface area (Å²) in [6.45, 7) is 2.90. The van der Waals surface area contributed by atoms with Gasteiger partial charge in [-0.15, -0.1) is 0 Å². The molecule has 0 saturated heterocycles. The minimum Gasteiger partial charge on any atom is -0.481 e. The summed E-state index contributed by atoms with van der Waals surface area (Å²) < 4.78 is 0. The first kappa shape index (κ1) is 10.0. The van der Waals surface area contributed by atoms with Gasteiger partial charge in [-0.2, -0.15) is 5.26 Å². The maximum Gasteiger partial charge on any atom is 0.300 e. The van der Waals surface area contributed by atoms with Crippen molar-refractivity contribution in [2.75, 3.05) is 0 Å². The van der Waals surface area contributed by atoms with E-state index in [1.54, 1.807) is 0 Å². The van der Waals surface area contributed by atoms with E-state index < -0.39 is 5.97 Å². The number of nitriles is 1. The van der Waals surface area contributed by atoms with Crippen molar-refractivity contribution in [2.24, 2.45) is 0 Å². The molecule has 1 N–H and O–H groups in total. The number of nitrogens with zero attached hydrogens (tertiary/aromatic N) is 1. The Labute approximate surface area is 48.6 Å². The van der Waals surface area contributed by atoms with Crippen LogP contribution >= 0.6 is 0 Å². The molecule has 8 heavy (non-hydrogen) atoms. The van der Waals surface area contributed by atoms with E-state index in [9.17, 15) is 0 Å². The molecule has 0 saturated carbocycles. The van der Waals surface area contributed by atoms with Gasteiger partial charge in [0.1, 0.15) is 0 Å². The third kappa shape index (κ3) is 48600. The molecule has 0 aromatic rings. The summed E-state index contributed by atoms with van der Waals surface area (Å²) >= 11 is 0. The van der Waals surface area contributed by atoms with Gasteiger partial charge in [0.15, 0.2) is 0 Å². The maximum absolute atomic E-state index is 9.00. The predicted octanol–water partition coefficient (Wildman–Crippen LogP) is 1.01. The van der Waals surface area contributed by atoms with Gasteiger partial charge in [-0.1, -0.05) is 6.92 Å². The number of rotatable bonds is 0. The Hall–Kier alpha value is -1.04. The molecule has 0 heterocycles. The molecule has 0 aliphatic carbocycles. The fraction of sp³-hybridized carbons (Fsp3) is 0.600. The normalized spacial score (nSPS) is 5.62. The fourth-order valence-electron chi connectivity index (χ4n) is 0. The summed E-state index contributed by atoms with van der Waals surface area (Å²) in [5.74, 6) is -0.833. The monoisotopic (exact) mass is 115 g/mol. The highest BCUT2D eigenvalue weighted by molar-refractivity contribution is 5.62. The van der Waals surface area contributed by atoms with Crippen LogP contribution in [-0.4, -0.2) is 11.1 Å². The standard InChI is InChI=1S/C3H5N.C2H4O2/c1-2-3-4;1-2(3)4/h2H2,1H3;1H3,(H,3,4).